The lowest BCUT2D eigenvalue weighted by atomic mass is 9.88. The SMILES string of the molecule is COc1ccc(C2CC(=O)N(CN3CCN(c4ccc(Cl)cc4)CC3)C(=O)C2)cc1. The highest BCUT2D eigenvalue weighted by atomic mass is 35.5. The highest BCUT2D eigenvalue weighted by Crippen LogP contribution is 2.31. The second-order valence-electron chi connectivity index (χ2n) is 7.82. The molecule has 2 heterocycles. The van der Waals surface area contributed by atoms with Crippen LogP contribution in [0.2, 0.25) is 5.02 Å². The van der Waals surface area contributed by atoms with Crippen LogP contribution >= 0.6 is 11.6 Å². The van der Waals surface area contributed by atoms with Gasteiger partial charge >= 0.3 is 0 Å². The molecule has 2 aliphatic heterocycles. The molecule has 0 saturated carbocycles. The summed E-state index contributed by atoms with van der Waals surface area (Å²) in [4.78, 5) is 31.4. The molecule has 0 N–H and O–H groups in total. The van der Waals surface area contributed by atoms with Crippen molar-refractivity contribution < 1.29 is 14.3 Å². The van der Waals surface area contributed by atoms with E-state index in [1.807, 2.05) is 48.5 Å². The molecule has 0 aliphatic carbocycles. The van der Waals surface area contributed by atoms with Gasteiger partial charge in [-0.3, -0.25) is 19.4 Å². The van der Waals surface area contributed by atoms with E-state index in [0.29, 0.717) is 19.5 Å². The average Bonchev–Trinajstić information content (AvgIpc) is 2.77. The molecule has 0 atom stereocenters. The van der Waals surface area contributed by atoms with Gasteiger partial charge in [-0.15, -0.1) is 0 Å². The number of nitrogens with zero attached hydrogens (tertiary/aromatic N) is 3. The van der Waals surface area contributed by atoms with Crippen molar-refractivity contribution in [3.63, 3.8) is 0 Å². The number of anilines is 1. The lowest BCUT2D eigenvalue weighted by Crippen LogP contribution is -2.54. The number of hydrogen-bond acceptors (Lipinski definition) is 5. The van der Waals surface area contributed by atoms with Crippen LogP contribution in [-0.2, 0) is 9.59 Å². The van der Waals surface area contributed by atoms with Gasteiger partial charge in [0.1, 0.15) is 5.75 Å². The molecule has 158 valence electrons. The second-order valence-corrected chi connectivity index (χ2v) is 8.25. The molecule has 0 spiro atoms. The predicted molar refractivity (Wildman–Crippen MR) is 117 cm³/mol. The molecule has 7 heteroatoms. The molecule has 0 bridgehead atoms. The Kier molecular flexibility index (Phi) is 6.25. The number of piperazine rings is 1. The number of carbonyl (C=O) groups excluding carboxylic acids is 2. The van der Waals surface area contributed by atoms with Gasteiger partial charge < -0.3 is 9.64 Å². The summed E-state index contributed by atoms with van der Waals surface area (Å²) in [6.07, 6.45) is 0.728. The number of likely N-dealkylation sites (tertiary alicyclic amines) is 1. The highest BCUT2D eigenvalue weighted by molar-refractivity contribution is 6.30. The Morgan fingerprint density at radius 2 is 1.50 bits per heavy atom. The molecule has 0 radical (unpaired) electrons. The molecule has 0 aromatic heterocycles. The Bertz CT molecular complexity index is 875. The van der Waals surface area contributed by atoms with Gasteiger partial charge in [-0.2, -0.15) is 0 Å². The Labute approximate surface area is 182 Å². The molecule has 2 aliphatic rings. The van der Waals surface area contributed by atoms with Crippen LogP contribution in [-0.4, -0.2) is 61.6 Å². The zero-order valence-electron chi connectivity index (χ0n) is 17.1. The molecular formula is C23H26ClN3O3. The fourth-order valence-electron chi connectivity index (χ4n) is 4.12. The number of ether oxygens (including phenoxy) is 1. The summed E-state index contributed by atoms with van der Waals surface area (Å²) >= 11 is 5.97. The lowest BCUT2D eigenvalue weighted by molar-refractivity contribution is -0.151. The Morgan fingerprint density at radius 3 is 2.07 bits per heavy atom. The van der Waals surface area contributed by atoms with Gasteiger partial charge in [0, 0.05) is 55.6 Å². The standard InChI is InChI=1S/C23H26ClN3O3/c1-30-21-8-2-17(3-9-21)18-14-22(28)27(23(29)15-18)16-25-10-12-26(13-11-25)20-6-4-19(24)5-7-20/h2-9,18H,10-16H2,1H3. The van der Waals surface area contributed by atoms with Gasteiger partial charge in [-0.1, -0.05) is 23.7 Å². The number of benzene rings is 2. The third kappa shape index (κ3) is 4.60. The fourth-order valence-corrected chi connectivity index (χ4v) is 4.25. The summed E-state index contributed by atoms with van der Waals surface area (Å²) in [5, 5.41) is 0.729. The topological polar surface area (TPSA) is 53.1 Å². The maximum atomic E-state index is 12.7. The number of imide groups is 1. The number of halogens is 1. The van der Waals surface area contributed by atoms with Crippen molar-refractivity contribution >= 4 is 29.1 Å². The first-order valence-electron chi connectivity index (χ1n) is 10.2. The fraction of sp³-hybridized carbons (Fsp3) is 0.391. The van der Waals surface area contributed by atoms with Gasteiger partial charge in [-0.05, 0) is 42.0 Å². The average molecular weight is 428 g/mol. The minimum absolute atomic E-state index is 0.0612. The van der Waals surface area contributed by atoms with Crippen LogP contribution in [0.15, 0.2) is 48.5 Å². The van der Waals surface area contributed by atoms with Gasteiger partial charge in [-0.25, -0.2) is 0 Å². The second kappa shape index (κ2) is 9.06. The van der Waals surface area contributed by atoms with Crippen LogP contribution in [0.25, 0.3) is 0 Å². The molecule has 2 amide bonds. The van der Waals surface area contributed by atoms with Crippen molar-refractivity contribution in [3.8, 4) is 5.75 Å². The van der Waals surface area contributed by atoms with E-state index in [-0.39, 0.29) is 17.7 Å². The minimum Gasteiger partial charge on any atom is -0.497 e. The van der Waals surface area contributed by atoms with Crippen LogP contribution in [0.3, 0.4) is 0 Å². The largest absolute Gasteiger partial charge is 0.497 e. The summed E-state index contributed by atoms with van der Waals surface area (Å²) < 4.78 is 5.18. The summed E-state index contributed by atoms with van der Waals surface area (Å²) in [6.45, 7) is 3.70. The smallest absolute Gasteiger partial charge is 0.230 e. The van der Waals surface area contributed by atoms with Crippen molar-refractivity contribution in [1.29, 1.82) is 0 Å². The van der Waals surface area contributed by atoms with E-state index in [1.54, 1.807) is 7.11 Å². The Balaban J connectivity index is 1.31. The first kappa shape index (κ1) is 20.7. The summed E-state index contributed by atoms with van der Waals surface area (Å²) in [6, 6.07) is 15.5. The van der Waals surface area contributed by atoms with Crippen molar-refractivity contribution in [2.45, 2.75) is 18.8 Å². The molecule has 0 unspecified atom stereocenters. The van der Waals surface area contributed by atoms with Gasteiger partial charge in [0.2, 0.25) is 11.8 Å². The van der Waals surface area contributed by atoms with Crippen LogP contribution in [0.1, 0.15) is 24.3 Å². The van der Waals surface area contributed by atoms with E-state index in [0.717, 1.165) is 48.2 Å². The molecule has 2 aromatic rings. The number of hydrogen-bond donors (Lipinski definition) is 0. The quantitative estimate of drug-likeness (QED) is 0.685. The first-order chi connectivity index (χ1) is 14.5. The minimum atomic E-state index is -0.0906. The van der Waals surface area contributed by atoms with Gasteiger partial charge in [0.05, 0.1) is 13.8 Å². The van der Waals surface area contributed by atoms with Crippen molar-refractivity contribution in [2.24, 2.45) is 0 Å². The number of amides is 2. The molecule has 6 nitrogen and oxygen atoms in total. The predicted octanol–water partition coefficient (Wildman–Crippen LogP) is 3.36. The first-order valence-corrected chi connectivity index (χ1v) is 10.6. The Hall–Kier alpha value is -2.57. The van der Waals surface area contributed by atoms with E-state index in [9.17, 15) is 9.59 Å². The van der Waals surface area contributed by atoms with Crippen LogP contribution in [0, 0.1) is 0 Å². The van der Waals surface area contributed by atoms with E-state index in [4.69, 9.17) is 16.3 Å². The molecule has 30 heavy (non-hydrogen) atoms. The van der Waals surface area contributed by atoms with E-state index in [1.165, 1.54) is 4.90 Å². The van der Waals surface area contributed by atoms with E-state index < -0.39 is 0 Å². The third-order valence-electron chi connectivity index (χ3n) is 5.94. The number of rotatable bonds is 5. The summed E-state index contributed by atoms with van der Waals surface area (Å²) in [5.74, 6) is 0.528. The molecule has 2 fully saturated rings. The monoisotopic (exact) mass is 427 g/mol. The summed E-state index contributed by atoms with van der Waals surface area (Å²) in [7, 11) is 1.62. The molecular weight excluding hydrogens is 402 g/mol. The zero-order chi connectivity index (χ0) is 21.1. The number of carbonyl (C=O) groups is 2. The molecule has 2 saturated heterocycles. The van der Waals surface area contributed by atoms with E-state index >= 15 is 0 Å². The molecule has 2 aromatic carbocycles. The number of methoxy groups -OCH3 is 1. The van der Waals surface area contributed by atoms with Crippen LogP contribution in [0.5, 0.6) is 5.75 Å². The van der Waals surface area contributed by atoms with Crippen LogP contribution < -0.4 is 9.64 Å². The Morgan fingerprint density at radius 1 is 0.900 bits per heavy atom. The van der Waals surface area contributed by atoms with Gasteiger partial charge in [0.25, 0.3) is 0 Å². The van der Waals surface area contributed by atoms with Crippen LogP contribution in [0.4, 0.5) is 5.69 Å². The zero-order valence-corrected chi connectivity index (χ0v) is 17.8. The lowest BCUT2D eigenvalue weighted by Gasteiger charge is -2.39. The van der Waals surface area contributed by atoms with E-state index in [2.05, 4.69) is 9.80 Å². The van der Waals surface area contributed by atoms with Gasteiger partial charge in [0.15, 0.2) is 0 Å². The normalized spacial score (nSPS) is 18.7. The van der Waals surface area contributed by atoms with Crippen molar-refractivity contribution in [2.75, 3.05) is 44.9 Å². The van der Waals surface area contributed by atoms with Crippen molar-refractivity contribution in [3.05, 3.63) is 59.1 Å². The maximum Gasteiger partial charge on any atom is 0.230 e. The molecule has 4 rings (SSSR count). The summed E-state index contributed by atoms with van der Waals surface area (Å²) in [5.41, 5.74) is 2.15. The third-order valence-corrected chi connectivity index (χ3v) is 6.19. The maximum absolute atomic E-state index is 12.7. The number of piperidine rings is 1. The van der Waals surface area contributed by atoms with Crippen molar-refractivity contribution in [1.82, 2.24) is 9.80 Å². The highest BCUT2D eigenvalue weighted by Gasteiger charge is 2.34.